The summed E-state index contributed by atoms with van der Waals surface area (Å²) in [5.41, 5.74) is 17.5. The van der Waals surface area contributed by atoms with Crippen LogP contribution in [0.3, 0.4) is 0 Å². The molecule has 0 radical (unpaired) electrons. The van der Waals surface area contributed by atoms with Crippen LogP contribution in [0.5, 0.6) is 0 Å². The summed E-state index contributed by atoms with van der Waals surface area (Å²) in [5.74, 6) is 0. The lowest BCUT2D eigenvalue weighted by Crippen LogP contribution is -2.05. The molecule has 0 amide bonds. The minimum absolute atomic E-state index is 0.600. The van der Waals surface area contributed by atoms with Crippen molar-refractivity contribution in [2.24, 2.45) is 0 Å². The Balaban J connectivity index is 1.34. The first-order valence-corrected chi connectivity index (χ1v) is 19.1. The zero-order valence-electron chi connectivity index (χ0n) is 31.8. The second-order valence-electron chi connectivity index (χ2n) is 15.0. The molecule has 10 aromatic rings. The van der Waals surface area contributed by atoms with Crippen LogP contribution in [0.15, 0.2) is 158 Å². The fourth-order valence-corrected chi connectivity index (χ4v) is 8.56. The van der Waals surface area contributed by atoms with Gasteiger partial charge in [0, 0.05) is 32.9 Å². The van der Waals surface area contributed by atoms with E-state index in [4.69, 9.17) is 4.98 Å². The van der Waals surface area contributed by atoms with Crippen molar-refractivity contribution in [3.63, 3.8) is 0 Å². The first kappa shape index (κ1) is 33.4. The SMILES string of the molecule is Cc1ccc(-c2ccc3c4ccccc4n(-c4cc(-c5cc(C)nc(C)c5)cc(-n5c6ccccc6c6ccc(-c7ccc(C)cc7)cc65)c4C#N)c3c2)cc1. The lowest BCUT2D eigenvalue weighted by molar-refractivity contribution is 1.11. The zero-order valence-corrected chi connectivity index (χ0v) is 31.8. The van der Waals surface area contributed by atoms with Crippen molar-refractivity contribution < 1.29 is 0 Å². The smallest absolute Gasteiger partial charge is 0.104 e. The highest BCUT2D eigenvalue weighted by atomic mass is 15.0. The van der Waals surface area contributed by atoms with Gasteiger partial charge in [-0.3, -0.25) is 4.98 Å². The van der Waals surface area contributed by atoms with Crippen LogP contribution in [0.25, 0.3) is 88.4 Å². The van der Waals surface area contributed by atoms with E-state index in [9.17, 15) is 5.26 Å². The zero-order chi connectivity index (χ0) is 38.1. The van der Waals surface area contributed by atoms with Gasteiger partial charge in [0.1, 0.15) is 11.6 Å². The van der Waals surface area contributed by atoms with Gasteiger partial charge in [-0.1, -0.05) is 120 Å². The van der Waals surface area contributed by atoms with Crippen LogP contribution < -0.4 is 0 Å². The van der Waals surface area contributed by atoms with Gasteiger partial charge >= 0.3 is 0 Å². The third-order valence-corrected chi connectivity index (χ3v) is 11.2. The molecule has 0 aliphatic rings. The Morgan fingerprint density at radius 1 is 0.393 bits per heavy atom. The molecule has 0 fully saturated rings. The number of pyridine rings is 1. The van der Waals surface area contributed by atoms with E-state index in [1.54, 1.807) is 0 Å². The Hall–Kier alpha value is -7.22. The van der Waals surface area contributed by atoms with Gasteiger partial charge in [0.25, 0.3) is 0 Å². The van der Waals surface area contributed by atoms with Crippen molar-refractivity contribution in [1.29, 1.82) is 5.26 Å². The number of hydrogen-bond acceptors (Lipinski definition) is 2. The standard InChI is InChI=1S/C52H38N4/c1-32-13-17-36(18-14-32)38-21-23-44-42-9-5-7-11-47(42)55(49(44)27-38)51-29-41(40-25-34(3)54-35(4)26-40)30-52(46(51)31-53)56-48-12-8-6-10-43(48)45-24-22-39(28-50(45)56)37-19-15-33(2)16-20-37/h5-30H,1-4H3. The number of para-hydroxylation sites is 2. The molecule has 7 aromatic carbocycles. The van der Waals surface area contributed by atoms with E-state index < -0.39 is 0 Å². The topological polar surface area (TPSA) is 46.5 Å². The van der Waals surface area contributed by atoms with E-state index >= 15 is 0 Å². The summed E-state index contributed by atoms with van der Waals surface area (Å²) in [5, 5.41) is 16.0. The predicted octanol–water partition coefficient (Wildman–Crippen LogP) is 13.4. The van der Waals surface area contributed by atoms with E-state index in [0.29, 0.717) is 5.56 Å². The second kappa shape index (κ2) is 13.0. The Kier molecular flexibility index (Phi) is 7.73. The van der Waals surface area contributed by atoms with Crippen LogP contribution in [0.1, 0.15) is 28.1 Å². The average Bonchev–Trinajstić information content (AvgIpc) is 3.72. The summed E-state index contributed by atoms with van der Waals surface area (Å²) in [6, 6.07) is 59.3. The van der Waals surface area contributed by atoms with Crippen LogP contribution in [-0.2, 0) is 0 Å². The number of hydrogen-bond donors (Lipinski definition) is 0. The van der Waals surface area contributed by atoms with Gasteiger partial charge in [0.15, 0.2) is 0 Å². The van der Waals surface area contributed by atoms with Gasteiger partial charge in [-0.2, -0.15) is 5.26 Å². The lowest BCUT2D eigenvalue weighted by atomic mass is 9.99. The average molecular weight is 719 g/mol. The fraction of sp³-hybridized carbons (Fsp3) is 0.0769. The third-order valence-electron chi connectivity index (χ3n) is 11.2. The van der Waals surface area contributed by atoms with Gasteiger partial charge in [0.2, 0.25) is 0 Å². The predicted molar refractivity (Wildman–Crippen MR) is 233 cm³/mol. The normalized spacial score (nSPS) is 11.6. The molecular formula is C52H38N4. The maximum atomic E-state index is 11.5. The highest BCUT2D eigenvalue weighted by Crippen LogP contribution is 2.42. The third kappa shape index (κ3) is 5.40. The van der Waals surface area contributed by atoms with E-state index in [1.165, 1.54) is 11.1 Å². The summed E-state index contributed by atoms with van der Waals surface area (Å²) in [6.45, 7) is 8.32. The van der Waals surface area contributed by atoms with Crippen molar-refractivity contribution in [2.75, 3.05) is 0 Å². The summed E-state index contributed by atoms with van der Waals surface area (Å²) < 4.78 is 4.61. The molecule has 0 bridgehead atoms. The molecule has 56 heavy (non-hydrogen) atoms. The molecule has 0 aliphatic carbocycles. The molecular weight excluding hydrogens is 681 g/mol. The molecule has 0 N–H and O–H groups in total. The number of rotatable bonds is 5. The van der Waals surface area contributed by atoms with Crippen molar-refractivity contribution in [2.45, 2.75) is 27.7 Å². The number of aromatic nitrogens is 3. The summed E-state index contributed by atoms with van der Waals surface area (Å²) >= 11 is 0. The molecule has 3 aromatic heterocycles. The lowest BCUT2D eigenvalue weighted by Gasteiger charge is -2.19. The maximum Gasteiger partial charge on any atom is 0.104 e. The largest absolute Gasteiger partial charge is 0.308 e. The quantitative estimate of drug-likeness (QED) is 0.178. The van der Waals surface area contributed by atoms with E-state index in [1.807, 2.05) is 13.8 Å². The first-order chi connectivity index (χ1) is 27.3. The number of nitrogens with zero attached hydrogens (tertiary/aromatic N) is 4. The van der Waals surface area contributed by atoms with Crippen LogP contribution in [0, 0.1) is 39.0 Å². The van der Waals surface area contributed by atoms with E-state index in [-0.39, 0.29) is 0 Å². The summed E-state index contributed by atoms with van der Waals surface area (Å²) in [6.07, 6.45) is 0. The molecule has 0 saturated carbocycles. The van der Waals surface area contributed by atoms with Crippen molar-refractivity contribution >= 4 is 43.6 Å². The van der Waals surface area contributed by atoms with E-state index in [2.05, 4.69) is 187 Å². The summed E-state index contributed by atoms with van der Waals surface area (Å²) in [4.78, 5) is 4.73. The number of nitriles is 1. The van der Waals surface area contributed by atoms with Crippen molar-refractivity contribution in [1.82, 2.24) is 14.1 Å². The van der Waals surface area contributed by atoms with Crippen LogP contribution >= 0.6 is 0 Å². The van der Waals surface area contributed by atoms with Gasteiger partial charge < -0.3 is 9.13 Å². The molecule has 4 nitrogen and oxygen atoms in total. The molecule has 0 saturated heterocycles. The molecule has 0 unspecified atom stereocenters. The van der Waals surface area contributed by atoms with Gasteiger partial charge in [-0.05, 0) is 110 Å². The number of fused-ring (bicyclic) bond motifs is 6. The molecule has 0 atom stereocenters. The van der Waals surface area contributed by atoms with Crippen LogP contribution in [-0.4, -0.2) is 14.1 Å². The van der Waals surface area contributed by atoms with Crippen LogP contribution in [0.2, 0.25) is 0 Å². The number of aryl methyl sites for hydroxylation is 4. The fourth-order valence-electron chi connectivity index (χ4n) is 8.56. The first-order valence-electron chi connectivity index (χ1n) is 19.1. The Morgan fingerprint density at radius 3 is 1.23 bits per heavy atom. The number of benzene rings is 7. The molecule has 0 spiro atoms. The van der Waals surface area contributed by atoms with Crippen molar-refractivity contribution in [3.8, 4) is 50.8 Å². The van der Waals surface area contributed by atoms with E-state index in [0.717, 1.165) is 99.8 Å². The Bertz CT molecular complexity index is 3020. The minimum atomic E-state index is 0.600. The minimum Gasteiger partial charge on any atom is -0.308 e. The second-order valence-corrected chi connectivity index (χ2v) is 15.0. The van der Waals surface area contributed by atoms with Gasteiger partial charge in [0.05, 0.1) is 33.4 Å². The molecule has 266 valence electrons. The highest BCUT2D eigenvalue weighted by molar-refractivity contribution is 6.12. The molecule has 10 rings (SSSR count). The summed E-state index contributed by atoms with van der Waals surface area (Å²) in [7, 11) is 0. The van der Waals surface area contributed by atoms with Crippen LogP contribution in [0.4, 0.5) is 0 Å². The Morgan fingerprint density at radius 2 is 0.786 bits per heavy atom. The molecule has 0 aliphatic heterocycles. The highest BCUT2D eigenvalue weighted by Gasteiger charge is 2.23. The molecule has 3 heterocycles. The van der Waals surface area contributed by atoms with Crippen molar-refractivity contribution in [3.05, 3.63) is 186 Å². The van der Waals surface area contributed by atoms with Gasteiger partial charge in [-0.25, -0.2) is 0 Å². The molecule has 4 heteroatoms. The monoisotopic (exact) mass is 718 g/mol. The van der Waals surface area contributed by atoms with Gasteiger partial charge in [-0.15, -0.1) is 0 Å². The Labute approximate surface area is 326 Å². The maximum absolute atomic E-state index is 11.5.